The Balaban J connectivity index is 4.82. The Morgan fingerprint density at radius 2 is 2.09 bits per heavy atom. The minimum absolute atomic E-state index is 0.0295. The first kappa shape index (κ1) is 11.1. The highest BCUT2D eigenvalue weighted by atomic mass is 79.9. The molecule has 0 radical (unpaired) electrons. The lowest BCUT2D eigenvalue weighted by molar-refractivity contribution is -0.153. The first-order valence-electron chi connectivity index (χ1n) is 2.78. The summed E-state index contributed by atoms with van der Waals surface area (Å²) in [5, 5.41) is 18.1. The summed E-state index contributed by atoms with van der Waals surface area (Å²) in [5.74, 6) is -1.33. The summed E-state index contributed by atoms with van der Waals surface area (Å²) in [6.07, 6.45) is 0. The molecule has 11 heavy (non-hydrogen) atoms. The van der Waals surface area contributed by atoms with Crippen LogP contribution in [0.25, 0.3) is 0 Å². The van der Waals surface area contributed by atoms with Gasteiger partial charge in [-0.15, -0.1) is 0 Å². The maximum absolute atomic E-state index is 10.5. The van der Waals surface area contributed by atoms with Crippen LogP contribution in [-0.4, -0.2) is 26.6 Å². The summed E-state index contributed by atoms with van der Waals surface area (Å²) >= 11 is 5.82. The fourth-order valence-corrected chi connectivity index (χ4v) is 1.79. The number of carbonyl (C=O) groups is 1. The van der Waals surface area contributed by atoms with Crippen LogP contribution < -0.4 is 0 Å². The Bertz CT molecular complexity index is 174. The zero-order valence-electron chi connectivity index (χ0n) is 5.84. The third-order valence-corrected chi connectivity index (χ3v) is 2.58. The molecule has 3 nitrogen and oxygen atoms in total. The number of aliphatic carboxylic acids is 1. The van der Waals surface area contributed by atoms with Crippen molar-refractivity contribution < 1.29 is 15.0 Å². The Morgan fingerprint density at radius 3 is 2.09 bits per heavy atom. The van der Waals surface area contributed by atoms with Crippen molar-refractivity contribution in [2.24, 2.45) is 0 Å². The largest absolute Gasteiger partial charge is 0.479 e. The van der Waals surface area contributed by atoms with E-state index in [9.17, 15) is 9.90 Å². The molecular formula is C6H8Br2O3. The lowest BCUT2D eigenvalue weighted by atomic mass is 10.0. The number of carboxylic acid groups (broad SMARTS) is 1. The van der Waals surface area contributed by atoms with Gasteiger partial charge in [0.25, 0.3) is 0 Å². The van der Waals surface area contributed by atoms with E-state index >= 15 is 0 Å². The standard InChI is InChI=1S/C6H8Br2O3/c1-3(7)6(11,4(2)8)5(9)10/h4,11H,1H2,2H3,(H,9,10). The van der Waals surface area contributed by atoms with E-state index in [1.807, 2.05) is 0 Å². The van der Waals surface area contributed by atoms with Gasteiger partial charge < -0.3 is 10.2 Å². The Kier molecular flexibility index (Phi) is 3.73. The average molecular weight is 288 g/mol. The van der Waals surface area contributed by atoms with Crippen molar-refractivity contribution in [3.8, 4) is 0 Å². The van der Waals surface area contributed by atoms with Crippen molar-refractivity contribution in [1.29, 1.82) is 0 Å². The van der Waals surface area contributed by atoms with Gasteiger partial charge in [-0.05, 0) is 6.92 Å². The molecule has 0 heterocycles. The van der Waals surface area contributed by atoms with Gasteiger partial charge in [0, 0.05) is 4.48 Å². The van der Waals surface area contributed by atoms with E-state index < -0.39 is 16.4 Å². The minimum Gasteiger partial charge on any atom is -0.479 e. The van der Waals surface area contributed by atoms with Crippen LogP contribution in [0.4, 0.5) is 0 Å². The monoisotopic (exact) mass is 286 g/mol. The van der Waals surface area contributed by atoms with Crippen molar-refractivity contribution in [3.05, 3.63) is 11.1 Å². The van der Waals surface area contributed by atoms with Gasteiger partial charge in [0.15, 0.2) is 0 Å². The van der Waals surface area contributed by atoms with E-state index in [1.165, 1.54) is 6.92 Å². The van der Waals surface area contributed by atoms with Crippen molar-refractivity contribution in [3.63, 3.8) is 0 Å². The fourth-order valence-electron chi connectivity index (χ4n) is 0.502. The maximum atomic E-state index is 10.5. The second-order valence-electron chi connectivity index (χ2n) is 2.09. The zero-order chi connectivity index (χ0) is 9.23. The minimum atomic E-state index is -1.94. The van der Waals surface area contributed by atoms with Gasteiger partial charge in [-0.3, -0.25) is 0 Å². The summed E-state index contributed by atoms with van der Waals surface area (Å²) in [6, 6.07) is 0. The topological polar surface area (TPSA) is 57.5 Å². The van der Waals surface area contributed by atoms with Gasteiger partial charge in [0.2, 0.25) is 5.60 Å². The van der Waals surface area contributed by atoms with Gasteiger partial charge in [0.1, 0.15) is 0 Å². The summed E-state index contributed by atoms with van der Waals surface area (Å²) < 4.78 is 0.0295. The third-order valence-electron chi connectivity index (χ3n) is 1.32. The van der Waals surface area contributed by atoms with Crippen LogP contribution in [0.2, 0.25) is 0 Å². The maximum Gasteiger partial charge on any atom is 0.342 e. The molecule has 0 saturated carbocycles. The second kappa shape index (κ2) is 3.69. The van der Waals surface area contributed by atoms with E-state index in [1.54, 1.807) is 0 Å². The number of halogens is 2. The van der Waals surface area contributed by atoms with Gasteiger partial charge in [0.05, 0.1) is 4.83 Å². The predicted octanol–water partition coefficient (Wildman–Crippen LogP) is 1.49. The molecule has 0 fully saturated rings. The number of alkyl halides is 1. The van der Waals surface area contributed by atoms with E-state index in [0.717, 1.165) is 0 Å². The van der Waals surface area contributed by atoms with Crippen molar-refractivity contribution in [2.45, 2.75) is 17.4 Å². The summed E-state index contributed by atoms with van der Waals surface area (Å²) in [7, 11) is 0. The molecule has 0 aliphatic rings. The SMILES string of the molecule is C=C(Br)C(O)(C(=O)O)C(C)Br. The molecule has 0 amide bonds. The summed E-state index contributed by atoms with van der Waals surface area (Å²) in [4.78, 5) is 9.94. The third kappa shape index (κ3) is 2.04. The van der Waals surface area contributed by atoms with Crippen LogP contribution in [0, 0.1) is 0 Å². The summed E-state index contributed by atoms with van der Waals surface area (Å²) in [6.45, 7) is 4.85. The lowest BCUT2D eigenvalue weighted by Crippen LogP contribution is -2.45. The molecule has 0 aliphatic carbocycles. The van der Waals surface area contributed by atoms with Crippen LogP contribution in [0.15, 0.2) is 11.1 Å². The highest BCUT2D eigenvalue weighted by Crippen LogP contribution is 2.29. The van der Waals surface area contributed by atoms with Crippen LogP contribution in [0.5, 0.6) is 0 Å². The van der Waals surface area contributed by atoms with Gasteiger partial charge in [-0.2, -0.15) is 0 Å². The molecule has 0 aliphatic heterocycles. The van der Waals surface area contributed by atoms with Crippen molar-refractivity contribution in [1.82, 2.24) is 0 Å². The van der Waals surface area contributed by atoms with E-state index in [0.29, 0.717) is 0 Å². The number of rotatable bonds is 3. The summed E-state index contributed by atoms with van der Waals surface area (Å²) in [5.41, 5.74) is -1.94. The number of hydrogen-bond acceptors (Lipinski definition) is 2. The van der Waals surface area contributed by atoms with E-state index in [2.05, 4.69) is 38.4 Å². The molecule has 2 atom stereocenters. The van der Waals surface area contributed by atoms with Crippen LogP contribution in [0.3, 0.4) is 0 Å². The van der Waals surface area contributed by atoms with Gasteiger partial charge in [-0.25, -0.2) is 4.79 Å². The van der Waals surface area contributed by atoms with E-state index in [-0.39, 0.29) is 4.48 Å². The zero-order valence-corrected chi connectivity index (χ0v) is 9.02. The lowest BCUT2D eigenvalue weighted by Gasteiger charge is -2.24. The van der Waals surface area contributed by atoms with Crippen molar-refractivity contribution in [2.75, 3.05) is 0 Å². The average Bonchev–Trinajstić information content (AvgIpc) is 1.84. The number of hydrogen-bond donors (Lipinski definition) is 2. The van der Waals surface area contributed by atoms with Gasteiger partial charge in [-0.1, -0.05) is 38.4 Å². The molecule has 0 saturated heterocycles. The highest BCUT2D eigenvalue weighted by Gasteiger charge is 2.42. The first-order valence-corrected chi connectivity index (χ1v) is 4.49. The van der Waals surface area contributed by atoms with Crippen LogP contribution in [0.1, 0.15) is 6.92 Å². The number of aliphatic hydroxyl groups is 1. The molecular weight excluding hydrogens is 280 g/mol. The molecule has 0 aromatic rings. The molecule has 0 spiro atoms. The smallest absolute Gasteiger partial charge is 0.342 e. The number of carboxylic acids is 1. The van der Waals surface area contributed by atoms with Crippen LogP contribution in [-0.2, 0) is 4.79 Å². The molecule has 0 rings (SSSR count). The van der Waals surface area contributed by atoms with Crippen molar-refractivity contribution >= 4 is 37.8 Å². The highest BCUT2D eigenvalue weighted by molar-refractivity contribution is 9.12. The second-order valence-corrected chi connectivity index (χ2v) is 4.42. The Labute approximate surface area is 81.4 Å². The Hall–Kier alpha value is 0.130. The quantitative estimate of drug-likeness (QED) is 0.774. The molecule has 0 bridgehead atoms. The fraction of sp³-hybridized carbons (Fsp3) is 0.500. The predicted molar refractivity (Wildman–Crippen MR) is 49.0 cm³/mol. The molecule has 5 heteroatoms. The molecule has 64 valence electrons. The normalized spacial score (nSPS) is 18.5. The van der Waals surface area contributed by atoms with E-state index in [4.69, 9.17) is 5.11 Å². The molecule has 0 aromatic heterocycles. The van der Waals surface area contributed by atoms with Crippen LogP contribution >= 0.6 is 31.9 Å². The molecule has 0 aromatic carbocycles. The first-order chi connectivity index (χ1) is 4.83. The molecule has 2 unspecified atom stereocenters. The molecule has 2 N–H and O–H groups in total. The van der Waals surface area contributed by atoms with Gasteiger partial charge >= 0.3 is 5.97 Å². The Morgan fingerprint density at radius 1 is 1.73 bits per heavy atom.